The summed E-state index contributed by atoms with van der Waals surface area (Å²) in [4.78, 5) is 27.2. The van der Waals surface area contributed by atoms with Crippen molar-refractivity contribution in [3.05, 3.63) is 105 Å². The van der Waals surface area contributed by atoms with E-state index in [1.807, 2.05) is 59.5 Å². The molecule has 0 saturated carbocycles. The summed E-state index contributed by atoms with van der Waals surface area (Å²) in [5.41, 5.74) is 8.34. The number of aliphatic hydroxyl groups excluding tert-OH is 1. The van der Waals surface area contributed by atoms with Crippen LogP contribution in [0.15, 0.2) is 84.2 Å². The molecule has 11 heteroatoms. The van der Waals surface area contributed by atoms with Crippen LogP contribution in [0.5, 0.6) is 5.75 Å². The molecule has 0 spiro atoms. The minimum Gasteiger partial charge on any atom is -0.489 e. The molecule has 3 unspecified atom stereocenters. The highest BCUT2D eigenvalue weighted by atomic mass is 35.5. The fourth-order valence-electron chi connectivity index (χ4n) is 5.51. The van der Waals surface area contributed by atoms with Crippen molar-refractivity contribution < 1.29 is 24.5 Å². The van der Waals surface area contributed by atoms with Crippen LogP contribution in [-0.4, -0.2) is 50.8 Å². The minimum absolute atomic E-state index is 0.0641. The van der Waals surface area contributed by atoms with Crippen molar-refractivity contribution in [2.45, 2.75) is 44.7 Å². The van der Waals surface area contributed by atoms with Gasteiger partial charge in [-0.25, -0.2) is 9.80 Å². The number of rotatable bonds is 8. The van der Waals surface area contributed by atoms with Gasteiger partial charge < -0.3 is 25.6 Å². The first-order valence-corrected chi connectivity index (χ1v) is 13.9. The molecule has 9 nitrogen and oxygen atoms in total. The van der Waals surface area contributed by atoms with Gasteiger partial charge in [0.25, 0.3) is 0 Å². The quantitative estimate of drug-likeness (QED) is 0.335. The van der Waals surface area contributed by atoms with Gasteiger partial charge in [0.1, 0.15) is 24.6 Å². The number of carbonyl (C=O) groups excluding carboxylic acids is 1. The Balaban J connectivity index is 1.58. The maximum absolute atomic E-state index is 12.8. The molecule has 3 atom stereocenters. The lowest BCUT2D eigenvalue weighted by Gasteiger charge is -2.47. The summed E-state index contributed by atoms with van der Waals surface area (Å²) in [7, 11) is 0. The number of hydrogen-bond acceptors (Lipinski definition) is 7. The molecule has 4 N–H and O–H groups in total. The molecule has 1 fully saturated rings. The molecule has 2 aliphatic heterocycles. The van der Waals surface area contributed by atoms with Gasteiger partial charge in [-0.2, -0.15) is 0 Å². The zero-order chi connectivity index (χ0) is 29.3. The lowest BCUT2D eigenvalue weighted by Crippen LogP contribution is -2.61. The van der Waals surface area contributed by atoms with Crippen LogP contribution in [0.25, 0.3) is 0 Å². The Morgan fingerprint density at radius 3 is 2.39 bits per heavy atom. The van der Waals surface area contributed by atoms with Crippen molar-refractivity contribution in [3.63, 3.8) is 0 Å². The Labute approximate surface area is 247 Å². The van der Waals surface area contributed by atoms with Crippen LogP contribution < -0.4 is 15.4 Å². The summed E-state index contributed by atoms with van der Waals surface area (Å²) >= 11 is 12.9. The SMILES string of the molecule is CC1=C(C(=O)O)N(N2CCCC(O)C2C(N)=O)C(c2ccc(Cl)cc2Cl)N1c1ccc(OCc2ccccc2)cc1. The third-order valence-corrected chi connectivity index (χ3v) is 7.92. The van der Waals surface area contributed by atoms with Crippen molar-refractivity contribution in [2.75, 3.05) is 11.4 Å². The van der Waals surface area contributed by atoms with E-state index in [1.54, 1.807) is 30.1 Å². The number of aliphatic carboxylic acids is 1. The first kappa shape index (κ1) is 28.8. The van der Waals surface area contributed by atoms with Gasteiger partial charge in [0.05, 0.1) is 6.10 Å². The third-order valence-electron chi connectivity index (χ3n) is 7.36. The smallest absolute Gasteiger partial charge is 0.355 e. The third kappa shape index (κ3) is 5.71. The molecule has 0 aliphatic carbocycles. The number of carbonyl (C=O) groups is 2. The minimum atomic E-state index is -1.20. The van der Waals surface area contributed by atoms with Gasteiger partial charge in [-0.1, -0.05) is 59.6 Å². The first-order valence-electron chi connectivity index (χ1n) is 13.2. The van der Waals surface area contributed by atoms with Crippen molar-refractivity contribution in [1.29, 1.82) is 0 Å². The van der Waals surface area contributed by atoms with E-state index >= 15 is 0 Å². The molecule has 5 rings (SSSR count). The van der Waals surface area contributed by atoms with E-state index in [1.165, 1.54) is 5.01 Å². The van der Waals surface area contributed by atoms with Gasteiger partial charge in [0.2, 0.25) is 5.91 Å². The monoisotopic (exact) mass is 596 g/mol. The van der Waals surface area contributed by atoms with Crippen molar-refractivity contribution >= 4 is 40.8 Å². The highest BCUT2D eigenvalue weighted by Crippen LogP contribution is 2.47. The van der Waals surface area contributed by atoms with Crippen LogP contribution in [0.3, 0.4) is 0 Å². The molecule has 2 heterocycles. The van der Waals surface area contributed by atoms with Crippen molar-refractivity contribution in [3.8, 4) is 5.75 Å². The topological polar surface area (TPSA) is 120 Å². The zero-order valence-corrected chi connectivity index (χ0v) is 23.8. The van der Waals surface area contributed by atoms with Crippen molar-refractivity contribution in [1.82, 2.24) is 10.0 Å². The van der Waals surface area contributed by atoms with E-state index in [4.69, 9.17) is 33.7 Å². The predicted octanol–water partition coefficient (Wildman–Crippen LogP) is 4.93. The Kier molecular flexibility index (Phi) is 8.42. The highest BCUT2D eigenvalue weighted by Gasteiger charge is 2.49. The van der Waals surface area contributed by atoms with E-state index < -0.39 is 30.2 Å². The van der Waals surface area contributed by atoms with Gasteiger partial charge >= 0.3 is 5.97 Å². The molecule has 214 valence electrons. The number of ether oxygens (including phenoxy) is 1. The second-order valence-electron chi connectivity index (χ2n) is 9.98. The number of nitrogens with two attached hydrogens (primary N) is 1. The lowest BCUT2D eigenvalue weighted by molar-refractivity contribution is -0.158. The van der Waals surface area contributed by atoms with E-state index in [2.05, 4.69) is 0 Å². The maximum Gasteiger partial charge on any atom is 0.355 e. The molecule has 0 bridgehead atoms. The molecular weight excluding hydrogens is 567 g/mol. The highest BCUT2D eigenvalue weighted by molar-refractivity contribution is 6.35. The number of carboxylic acid groups (broad SMARTS) is 1. The number of anilines is 1. The number of hydrazine groups is 1. The summed E-state index contributed by atoms with van der Waals surface area (Å²) in [6, 6.07) is 20.9. The van der Waals surface area contributed by atoms with E-state index in [9.17, 15) is 19.8 Å². The summed E-state index contributed by atoms with van der Waals surface area (Å²) in [6.07, 6.45) is -0.993. The molecule has 1 amide bonds. The van der Waals surface area contributed by atoms with Crippen LogP contribution in [-0.2, 0) is 16.2 Å². The number of amides is 1. The Morgan fingerprint density at radius 2 is 1.76 bits per heavy atom. The number of benzene rings is 3. The van der Waals surface area contributed by atoms with Gasteiger partial charge in [-0.3, -0.25) is 9.80 Å². The lowest BCUT2D eigenvalue weighted by atomic mass is 9.99. The molecule has 0 radical (unpaired) electrons. The molecule has 3 aromatic rings. The second-order valence-corrected chi connectivity index (χ2v) is 10.8. The van der Waals surface area contributed by atoms with Crippen molar-refractivity contribution in [2.24, 2.45) is 5.73 Å². The summed E-state index contributed by atoms with van der Waals surface area (Å²) in [5, 5.41) is 25.0. The summed E-state index contributed by atoms with van der Waals surface area (Å²) < 4.78 is 5.95. The molecule has 41 heavy (non-hydrogen) atoms. The number of piperidine rings is 1. The molecule has 1 saturated heterocycles. The van der Waals surface area contributed by atoms with Crippen LogP contribution in [0.1, 0.15) is 37.1 Å². The number of nitrogens with zero attached hydrogens (tertiary/aromatic N) is 3. The Bertz CT molecular complexity index is 1470. The number of carboxylic acids is 1. The van der Waals surface area contributed by atoms with Crippen LogP contribution in [0, 0.1) is 0 Å². The second kappa shape index (κ2) is 12.0. The number of primary amides is 1. The van der Waals surface area contributed by atoms with E-state index in [0.717, 1.165) is 5.56 Å². The molecule has 2 aliphatic rings. The largest absolute Gasteiger partial charge is 0.489 e. The van der Waals surface area contributed by atoms with E-state index in [-0.39, 0.29) is 5.70 Å². The molecular formula is C30H30Cl2N4O5. The van der Waals surface area contributed by atoms with Gasteiger partial charge in [-0.05, 0) is 61.7 Å². The van der Waals surface area contributed by atoms with Gasteiger partial charge in [-0.15, -0.1) is 0 Å². The van der Waals surface area contributed by atoms with Gasteiger partial charge in [0.15, 0.2) is 5.70 Å². The van der Waals surface area contributed by atoms with Crippen LogP contribution in [0.2, 0.25) is 10.0 Å². The summed E-state index contributed by atoms with van der Waals surface area (Å²) in [5.74, 6) is -1.31. The number of hydrogen-bond donors (Lipinski definition) is 3. The van der Waals surface area contributed by atoms with E-state index in [0.29, 0.717) is 58.7 Å². The molecule has 0 aromatic heterocycles. The Hall–Kier alpha value is -3.76. The average Bonchev–Trinajstić information content (AvgIpc) is 3.25. The van der Waals surface area contributed by atoms with Gasteiger partial charge in [0, 0.05) is 33.5 Å². The fourth-order valence-corrected chi connectivity index (χ4v) is 6.02. The standard InChI is InChI=1S/C30H30Cl2N4O5/c1-18-26(30(39)40)36(34-15-5-8-25(37)27(34)28(33)38)29(23-14-9-20(31)16-24(23)32)35(18)21-10-12-22(13-11-21)41-17-19-6-3-2-4-7-19/h2-4,6-7,9-14,16,25,27,29,37H,5,8,15,17H2,1H3,(H2,33,38)(H,39,40). The normalized spacial score (nSPS) is 21.3. The number of halogens is 2. The van der Waals surface area contributed by atoms with Crippen LogP contribution >= 0.6 is 23.2 Å². The maximum atomic E-state index is 12.8. The number of allylic oxidation sites excluding steroid dienone is 1. The fraction of sp³-hybridized carbons (Fsp3) is 0.267. The molecule has 3 aromatic carbocycles. The number of aliphatic hydroxyl groups is 1. The Morgan fingerprint density at radius 1 is 1.05 bits per heavy atom. The first-order chi connectivity index (χ1) is 19.7. The van der Waals surface area contributed by atoms with Crippen LogP contribution in [0.4, 0.5) is 5.69 Å². The average molecular weight is 597 g/mol. The zero-order valence-electron chi connectivity index (χ0n) is 22.3. The summed E-state index contributed by atoms with van der Waals surface area (Å²) in [6.45, 7) is 2.39. The predicted molar refractivity (Wildman–Crippen MR) is 156 cm³/mol.